The van der Waals surface area contributed by atoms with Crippen LogP contribution in [-0.4, -0.2) is 59.3 Å². The van der Waals surface area contributed by atoms with Crippen molar-refractivity contribution in [1.82, 2.24) is 10.6 Å². The highest BCUT2D eigenvalue weighted by molar-refractivity contribution is 5.87. The van der Waals surface area contributed by atoms with Gasteiger partial charge in [-0.25, -0.2) is 4.79 Å². The van der Waals surface area contributed by atoms with Gasteiger partial charge in [0.15, 0.2) is 0 Å². The zero-order valence-corrected chi connectivity index (χ0v) is 32.3. The number of hydrogen-bond donors (Lipinski definition) is 4. The van der Waals surface area contributed by atoms with Gasteiger partial charge in [-0.05, 0) is 89.9 Å². The molecule has 0 saturated carbocycles. The average molecular weight is 727 g/mol. The van der Waals surface area contributed by atoms with Crippen molar-refractivity contribution in [2.75, 3.05) is 13.2 Å². The van der Waals surface area contributed by atoms with Crippen molar-refractivity contribution < 1.29 is 34.1 Å². The van der Waals surface area contributed by atoms with Crippen LogP contribution >= 0.6 is 0 Å². The second-order valence-electron chi connectivity index (χ2n) is 13.0. The first-order valence-corrected chi connectivity index (χ1v) is 19.8. The quantitative estimate of drug-likeness (QED) is 0.0294. The molecule has 4 N–H and O–H groups in total. The number of carbonyl (C=O) groups excluding carboxylic acids is 3. The molecule has 0 radical (unpaired) electrons. The lowest BCUT2D eigenvalue weighted by atomic mass is 10.0. The topological polar surface area (TPSA) is 142 Å². The molecule has 0 heterocycles. The Hall–Kier alpha value is -3.72. The molecular weight excluding hydrogens is 656 g/mol. The molecule has 2 atom stereocenters. The molecule has 2 amide bonds. The SMILES string of the molecule is CC/C=C\C/C=C\C/C=C\C/C=C\CCC(=O)OC(CCC/C=C\C/C=C\CCCCC)CCCCCCCC(=O)NCC(=O)NC(CO)C(=O)O. The normalized spacial score (nSPS) is 13.3. The predicted octanol–water partition coefficient (Wildman–Crippen LogP) is 9.15. The van der Waals surface area contributed by atoms with Gasteiger partial charge in [-0.3, -0.25) is 14.4 Å². The molecule has 0 saturated heterocycles. The highest BCUT2D eigenvalue weighted by atomic mass is 16.5. The smallest absolute Gasteiger partial charge is 0.328 e. The van der Waals surface area contributed by atoms with Crippen molar-refractivity contribution in [3.63, 3.8) is 0 Å². The number of carboxylic acid groups (broad SMARTS) is 1. The average Bonchev–Trinajstić information content (AvgIpc) is 3.13. The minimum Gasteiger partial charge on any atom is -0.480 e. The van der Waals surface area contributed by atoms with Crippen LogP contribution in [0.15, 0.2) is 72.9 Å². The van der Waals surface area contributed by atoms with Gasteiger partial charge < -0.3 is 25.6 Å². The maximum Gasteiger partial charge on any atom is 0.328 e. The van der Waals surface area contributed by atoms with Crippen LogP contribution in [0.4, 0.5) is 0 Å². The maximum atomic E-state index is 12.7. The molecule has 0 aromatic heterocycles. The Bertz CT molecular complexity index is 1110. The van der Waals surface area contributed by atoms with Crippen molar-refractivity contribution in [1.29, 1.82) is 0 Å². The zero-order chi connectivity index (χ0) is 38.3. The predicted molar refractivity (Wildman–Crippen MR) is 213 cm³/mol. The van der Waals surface area contributed by atoms with E-state index in [0.29, 0.717) is 19.3 Å². The molecule has 0 spiro atoms. The van der Waals surface area contributed by atoms with Gasteiger partial charge in [0.05, 0.1) is 13.2 Å². The molecular formula is C43H70N2O7. The monoisotopic (exact) mass is 727 g/mol. The first kappa shape index (κ1) is 48.3. The number of hydrogen-bond acceptors (Lipinski definition) is 6. The summed E-state index contributed by atoms with van der Waals surface area (Å²) < 4.78 is 5.93. The number of ether oxygens (including phenoxy) is 1. The van der Waals surface area contributed by atoms with Gasteiger partial charge in [0.2, 0.25) is 11.8 Å². The van der Waals surface area contributed by atoms with Gasteiger partial charge >= 0.3 is 11.9 Å². The van der Waals surface area contributed by atoms with Crippen LogP contribution in [0.1, 0.15) is 149 Å². The number of carbonyl (C=O) groups is 4. The summed E-state index contributed by atoms with van der Waals surface area (Å²) in [5.74, 6) is -2.43. The van der Waals surface area contributed by atoms with Gasteiger partial charge in [0.1, 0.15) is 12.1 Å². The summed E-state index contributed by atoms with van der Waals surface area (Å²) >= 11 is 0. The molecule has 0 fully saturated rings. The Morgan fingerprint density at radius 1 is 0.596 bits per heavy atom. The Kier molecular flexibility index (Phi) is 34.4. The molecule has 9 nitrogen and oxygen atoms in total. The Morgan fingerprint density at radius 3 is 1.73 bits per heavy atom. The highest BCUT2D eigenvalue weighted by Crippen LogP contribution is 2.17. The van der Waals surface area contributed by atoms with E-state index in [4.69, 9.17) is 14.9 Å². The van der Waals surface area contributed by atoms with E-state index in [1.165, 1.54) is 19.3 Å². The molecule has 0 aliphatic rings. The third-order valence-electron chi connectivity index (χ3n) is 8.20. The number of aliphatic hydroxyl groups excluding tert-OH is 1. The van der Waals surface area contributed by atoms with Crippen LogP contribution in [0.2, 0.25) is 0 Å². The van der Waals surface area contributed by atoms with Crippen LogP contribution in [0.25, 0.3) is 0 Å². The number of rotatable bonds is 34. The summed E-state index contributed by atoms with van der Waals surface area (Å²) in [6.45, 7) is 3.30. The second-order valence-corrected chi connectivity index (χ2v) is 13.0. The number of allylic oxidation sites excluding steroid dienone is 12. The van der Waals surface area contributed by atoms with E-state index < -0.39 is 24.5 Å². The number of nitrogens with one attached hydrogen (secondary N) is 2. The first-order chi connectivity index (χ1) is 25.3. The largest absolute Gasteiger partial charge is 0.480 e. The fourth-order valence-electron chi connectivity index (χ4n) is 5.17. The summed E-state index contributed by atoms with van der Waals surface area (Å²) in [4.78, 5) is 47.4. The van der Waals surface area contributed by atoms with Crippen molar-refractivity contribution in [2.45, 2.75) is 161 Å². The summed E-state index contributed by atoms with van der Waals surface area (Å²) in [7, 11) is 0. The molecule has 0 bridgehead atoms. The summed E-state index contributed by atoms with van der Waals surface area (Å²) in [6.07, 6.45) is 45.0. The van der Waals surface area contributed by atoms with E-state index in [0.717, 1.165) is 89.9 Å². The van der Waals surface area contributed by atoms with Gasteiger partial charge in [-0.1, -0.05) is 119 Å². The number of esters is 1. The standard InChI is InChI=1S/C43H70N2O7/c1-3-5-7-9-11-13-15-16-18-20-22-27-31-35-42(49)52-38(32-28-24-21-19-17-14-12-10-8-6-4-2)33-29-25-23-26-30-34-40(47)44-36-41(48)45-39(37-46)43(50)51/h5,7,11-14,16,18-19,21-22,27,38-39,46H,3-4,6,8-10,15,17,20,23-26,28-37H2,1-2H3,(H,44,47)(H,45,48)(H,50,51)/b7-5-,13-11-,14-12-,18-16-,21-19-,27-22-. The van der Waals surface area contributed by atoms with Crippen molar-refractivity contribution >= 4 is 23.8 Å². The molecule has 2 unspecified atom stereocenters. The fraction of sp³-hybridized carbons (Fsp3) is 0.628. The Morgan fingerprint density at radius 2 is 1.13 bits per heavy atom. The van der Waals surface area contributed by atoms with E-state index >= 15 is 0 Å². The van der Waals surface area contributed by atoms with Crippen molar-refractivity contribution in [3.8, 4) is 0 Å². The van der Waals surface area contributed by atoms with Crippen molar-refractivity contribution in [2.24, 2.45) is 0 Å². The van der Waals surface area contributed by atoms with Gasteiger partial charge in [0, 0.05) is 12.8 Å². The first-order valence-electron chi connectivity index (χ1n) is 19.8. The van der Waals surface area contributed by atoms with E-state index in [1.807, 2.05) is 0 Å². The lowest BCUT2D eigenvalue weighted by molar-refractivity contribution is -0.149. The van der Waals surface area contributed by atoms with E-state index in [-0.39, 0.29) is 30.9 Å². The van der Waals surface area contributed by atoms with E-state index in [2.05, 4.69) is 97.4 Å². The zero-order valence-electron chi connectivity index (χ0n) is 32.3. The Balaban J connectivity index is 4.50. The fourth-order valence-corrected chi connectivity index (χ4v) is 5.17. The number of aliphatic carboxylic acids is 1. The summed E-state index contributed by atoms with van der Waals surface area (Å²) in [5, 5.41) is 22.5. The molecule has 294 valence electrons. The molecule has 52 heavy (non-hydrogen) atoms. The van der Waals surface area contributed by atoms with Crippen molar-refractivity contribution in [3.05, 3.63) is 72.9 Å². The van der Waals surface area contributed by atoms with E-state index in [9.17, 15) is 19.2 Å². The third kappa shape index (κ3) is 33.4. The highest BCUT2D eigenvalue weighted by Gasteiger charge is 2.18. The summed E-state index contributed by atoms with van der Waals surface area (Å²) in [5.41, 5.74) is 0. The number of unbranched alkanes of at least 4 members (excludes halogenated alkanes) is 8. The van der Waals surface area contributed by atoms with Crippen LogP contribution < -0.4 is 10.6 Å². The van der Waals surface area contributed by atoms with Gasteiger partial charge in [-0.15, -0.1) is 0 Å². The Labute approximate surface area is 314 Å². The maximum absolute atomic E-state index is 12.7. The lowest BCUT2D eigenvalue weighted by Gasteiger charge is -2.17. The number of amides is 2. The summed E-state index contributed by atoms with van der Waals surface area (Å²) in [6, 6.07) is -1.39. The van der Waals surface area contributed by atoms with Crippen LogP contribution in [-0.2, 0) is 23.9 Å². The molecule has 0 aliphatic carbocycles. The molecule has 0 rings (SSSR count). The third-order valence-corrected chi connectivity index (χ3v) is 8.20. The minimum atomic E-state index is -1.39. The van der Waals surface area contributed by atoms with Crippen LogP contribution in [0.5, 0.6) is 0 Å². The second kappa shape index (κ2) is 37.1. The van der Waals surface area contributed by atoms with Crippen LogP contribution in [0, 0.1) is 0 Å². The van der Waals surface area contributed by atoms with Gasteiger partial charge in [-0.2, -0.15) is 0 Å². The number of aliphatic hydroxyl groups is 1. The molecule has 9 heteroatoms. The minimum absolute atomic E-state index is 0.0970. The lowest BCUT2D eigenvalue weighted by Crippen LogP contribution is -2.47. The molecule has 0 aromatic rings. The van der Waals surface area contributed by atoms with Crippen LogP contribution in [0.3, 0.4) is 0 Å². The number of carboxylic acids is 1. The van der Waals surface area contributed by atoms with E-state index in [1.54, 1.807) is 0 Å². The molecule has 0 aromatic carbocycles. The molecule has 0 aliphatic heterocycles. The van der Waals surface area contributed by atoms with Gasteiger partial charge in [0.25, 0.3) is 0 Å².